The van der Waals surface area contributed by atoms with E-state index in [1.807, 2.05) is 42.5 Å². The fraction of sp³-hybridized carbons (Fsp3) is 0.200. The molecule has 18 heavy (non-hydrogen) atoms. The Labute approximate surface area is 106 Å². The topological polar surface area (TPSA) is 50.1 Å². The van der Waals surface area contributed by atoms with Crippen molar-refractivity contribution in [2.45, 2.75) is 12.8 Å². The Morgan fingerprint density at radius 2 is 2.00 bits per heavy atom. The third-order valence-electron chi connectivity index (χ3n) is 2.76. The number of benzene rings is 2. The summed E-state index contributed by atoms with van der Waals surface area (Å²) in [5, 5.41) is 11.2. The summed E-state index contributed by atoms with van der Waals surface area (Å²) in [6.45, 7) is 2.01. The van der Waals surface area contributed by atoms with Crippen molar-refractivity contribution in [2.75, 3.05) is 6.61 Å². The van der Waals surface area contributed by atoms with Crippen molar-refractivity contribution < 1.29 is 9.53 Å². The molecule has 0 saturated heterocycles. The standard InChI is InChI=1S/C15H13NO2/c1-2-18-15(17)14(10-16)13-8-7-11-5-3-4-6-12(11)9-13/h3-9,14H,2H2,1H3/t14-/m0/s1. The molecule has 0 amide bonds. The molecule has 0 aliphatic rings. The molecule has 3 nitrogen and oxygen atoms in total. The molecule has 2 aromatic carbocycles. The maximum absolute atomic E-state index is 11.7. The van der Waals surface area contributed by atoms with Crippen LogP contribution in [0.15, 0.2) is 42.5 Å². The fourth-order valence-corrected chi connectivity index (χ4v) is 1.88. The van der Waals surface area contributed by atoms with E-state index >= 15 is 0 Å². The highest BCUT2D eigenvalue weighted by Crippen LogP contribution is 2.22. The van der Waals surface area contributed by atoms with Crippen LogP contribution in [0.5, 0.6) is 0 Å². The number of carbonyl (C=O) groups excluding carboxylic acids is 1. The van der Waals surface area contributed by atoms with Crippen LogP contribution in [0.25, 0.3) is 10.8 Å². The minimum atomic E-state index is -0.852. The number of nitrogens with zero attached hydrogens (tertiary/aromatic N) is 1. The Kier molecular flexibility index (Phi) is 3.59. The van der Waals surface area contributed by atoms with Crippen LogP contribution in [-0.4, -0.2) is 12.6 Å². The molecular weight excluding hydrogens is 226 g/mol. The molecule has 0 radical (unpaired) electrons. The second kappa shape index (κ2) is 5.33. The highest BCUT2D eigenvalue weighted by molar-refractivity contribution is 5.87. The molecule has 1 atom stereocenters. The number of rotatable bonds is 3. The van der Waals surface area contributed by atoms with E-state index in [1.54, 1.807) is 13.0 Å². The van der Waals surface area contributed by atoms with Crippen LogP contribution in [0, 0.1) is 11.3 Å². The van der Waals surface area contributed by atoms with Gasteiger partial charge in [0.2, 0.25) is 0 Å². The summed E-state index contributed by atoms with van der Waals surface area (Å²) < 4.78 is 4.90. The normalized spacial score (nSPS) is 11.8. The summed E-state index contributed by atoms with van der Waals surface area (Å²) in [4.78, 5) is 11.7. The average Bonchev–Trinajstić information content (AvgIpc) is 2.40. The van der Waals surface area contributed by atoms with Crippen LogP contribution in [0.3, 0.4) is 0 Å². The zero-order chi connectivity index (χ0) is 13.0. The molecule has 2 rings (SSSR count). The molecule has 0 unspecified atom stereocenters. The molecule has 0 aromatic heterocycles. The maximum Gasteiger partial charge on any atom is 0.327 e. The van der Waals surface area contributed by atoms with Crippen LogP contribution in [-0.2, 0) is 9.53 Å². The molecule has 0 spiro atoms. The minimum Gasteiger partial charge on any atom is -0.465 e. The van der Waals surface area contributed by atoms with E-state index in [1.165, 1.54) is 0 Å². The Balaban J connectivity index is 2.40. The van der Waals surface area contributed by atoms with Gasteiger partial charge in [0.15, 0.2) is 5.92 Å². The molecule has 0 saturated carbocycles. The largest absolute Gasteiger partial charge is 0.465 e. The van der Waals surface area contributed by atoms with Gasteiger partial charge in [0.1, 0.15) is 0 Å². The van der Waals surface area contributed by atoms with Gasteiger partial charge >= 0.3 is 5.97 Å². The summed E-state index contributed by atoms with van der Waals surface area (Å²) in [6.07, 6.45) is 0. The molecule has 0 N–H and O–H groups in total. The predicted molar refractivity (Wildman–Crippen MR) is 68.9 cm³/mol. The van der Waals surface area contributed by atoms with E-state index in [0.717, 1.165) is 10.8 Å². The Bertz CT molecular complexity index is 613. The van der Waals surface area contributed by atoms with Crippen molar-refractivity contribution in [3.63, 3.8) is 0 Å². The molecule has 0 heterocycles. The highest BCUT2D eigenvalue weighted by Gasteiger charge is 2.21. The lowest BCUT2D eigenvalue weighted by Crippen LogP contribution is -2.14. The molecular formula is C15H13NO2. The van der Waals surface area contributed by atoms with Crippen molar-refractivity contribution in [1.29, 1.82) is 5.26 Å². The van der Waals surface area contributed by atoms with E-state index in [0.29, 0.717) is 5.56 Å². The first-order valence-corrected chi connectivity index (χ1v) is 5.81. The number of fused-ring (bicyclic) bond motifs is 1. The predicted octanol–water partition coefficient (Wildman–Crippen LogP) is 3.01. The van der Waals surface area contributed by atoms with Gasteiger partial charge in [-0.25, -0.2) is 0 Å². The number of nitriles is 1. The number of hydrogen-bond acceptors (Lipinski definition) is 3. The van der Waals surface area contributed by atoms with E-state index in [2.05, 4.69) is 0 Å². The van der Waals surface area contributed by atoms with E-state index < -0.39 is 11.9 Å². The zero-order valence-corrected chi connectivity index (χ0v) is 10.1. The first kappa shape index (κ1) is 12.1. The van der Waals surface area contributed by atoms with Gasteiger partial charge in [-0.2, -0.15) is 5.26 Å². The summed E-state index contributed by atoms with van der Waals surface area (Å²) in [6, 6.07) is 15.4. The first-order chi connectivity index (χ1) is 8.76. The summed E-state index contributed by atoms with van der Waals surface area (Å²) in [7, 11) is 0. The van der Waals surface area contributed by atoms with Gasteiger partial charge in [0.25, 0.3) is 0 Å². The zero-order valence-electron chi connectivity index (χ0n) is 10.1. The van der Waals surface area contributed by atoms with Crippen molar-refractivity contribution in [2.24, 2.45) is 0 Å². The maximum atomic E-state index is 11.7. The molecule has 2 aromatic rings. The lowest BCUT2D eigenvalue weighted by molar-refractivity contribution is -0.143. The monoisotopic (exact) mass is 239 g/mol. The van der Waals surface area contributed by atoms with Crippen LogP contribution >= 0.6 is 0 Å². The number of carbonyl (C=O) groups is 1. The van der Waals surface area contributed by atoms with Gasteiger partial charge in [-0.1, -0.05) is 36.4 Å². The highest BCUT2D eigenvalue weighted by atomic mass is 16.5. The molecule has 0 aliphatic heterocycles. The van der Waals surface area contributed by atoms with E-state index in [9.17, 15) is 4.79 Å². The molecule has 3 heteroatoms. The second-order valence-corrected chi connectivity index (χ2v) is 3.92. The molecule has 0 aliphatic carbocycles. The fourth-order valence-electron chi connectivity index (χ4n) is 1.88. The van der Waals surface area contributed by atoms with Gasteiger partial charge in [-0.15, -0.1) is 0 Å². The first-order valence-electron chi connectivity index (χ1n) is 5.81. The molecule has 0 bridgehead atoms. The molecule has 90 valence electrons. The minimum absolute atomic E-state index is 0.282. The Morgan fingerprint density at radius 1 is 1.28 bits per heavy atom. The van der Waals surface area contributed by atoms with Gasteiger partial charge in [-0.05, 0) is 29.3 Å². The van der Waals surface area contributed by atoms with Gasteiger partial charge in [0, 0.05) is 0 Å². The number of ether oxygens (including phenoxy) is 1. The lowest BCUT2D eigenvalue weighted by atomic mass is 9.97. The second-order valence-electron chi connectivity index (χ2n) is 3.92. The van der Waals surface area contributed by atoms with Crippen LogP contribution in [0.4, 0.5) is 0 Å². The van der Waals surface area contributed by atoms with Crippen molar-refractivity contribution in [3.8, 4) is 6.07 Å². The van der Waals surface area contributed by atoms with Gasteiger partial charge in [0.05, 0.1) is 12.7 Å². The third-order valence-corrected chi connectivity index (χ3v) is 2.76. The Hall–Kier alpha value is -2.34. The summed E-state index contributed by atoms with van der Waals surface area (Å²) in [5.74, 6) is -1.34. The third kappa shape index (κ3) is 2.33. The van der Waals surface area contributed by atoms with Gasteiger partial charge in [-0.3, -0.25) is 4.79 Å². The van der Waals surface area contributed by atoms with Crippen molar-refractivity contribution in [1.82, 2.24) is 0 Å². The smallest absolute Gasteiger partial charge is 0.327 e. The van der Waals surface area contributed by atoms with E-state index in [4.69, 9.17) is 10.00 Å². The van der Waals surface area contributed by atoms with E-state index in [-0.39, 0.29) is 6.61 Å². The number of esters is 1. The molecule has 0 fully saturated rings. The number of hydrogen-bond donors (Lipinski definition) is 0. The summed E-state index contributed by atoms with van der Waals surface area (Å²) in [5.41, 5.74) is 0.676. The lowest BCUT2D eigenvalue weighted by Gasteiger charge is -2.09. The van der Waals surface area contributed by atoms with Crippen LogP contribution in [0.2, 0.25) is 0 Å². The van der Waals surface area contributed by atoms with Crippen LogP contribution in [0.1, 0.15) is 18.4 Å². The van der Waals surface area contributed by atoms with Gasteiger partial charge < -0.3 is 4.74 Å². The quantitative estimate of drug-likeness (QED) is 0.773. The average molecular weight is 239 g/mol. The van der Waals surface area contributed by atoms with Crippen LogP contribution < -0.4 is 0 Å². The Morgan fingerprint density at radius 3 is 2.67 bits per heavy atom. The summed E-state index contributed by atoms with van der Waals surface area (Å²) >= 11 is 0. The van der Waals surface area contributed by atoms with Crippen molar-refractivity contribution in [3.05, 3.63) is 48.0 Å². The van der Waals surface area contributed by atoms with Crippen molar-refractivity contribution >= 4 is 16.7 Å². The SMILES string of the molecule is CCOC(=O)[C@@H](C#N)c1ccc2ccccc2c1.